The summed E-state index contributed by atoms with van der Waals surface area (Å²) in [4.78, 5) is 17.6. The lowest BCUT2D eigenvalue weighted by Crippen LogP contribution is -2.06. The molecule has 20 heavy (non-hydrogen) atoms. The van der Waals surface area contributed by atoms with Crippen LogP contribution in [0.25, 0.3) is 10.9 Å². The Kier molecular flexibility index (Phi) is 5.18. The van der Waals surface area contributed by atoms with E-state index in [0.29, 0.717) is 15.6 Å². The van der Waals surface area contributed by atoms with Crippen LogP contribution in [0.2, 0.25) is 5.02 Å². The summed E-state index contributed by atoms with van der Waals surface area (Å²) >= 11 is 9.52. The van der Waals surface area contributed by atoms with E-state index in [9.17, 15) is 4.79 Å². The van der Waals surface area contributed by atoms with Gasteiger partial charge in [-0.15, -0.1) is 23.5 Å². The maximum absolute atomic E-state index is 12.0. The maximum Gasteiger partial charge on any atom is 0.342 e. The molecule has 0 N–H and O–H groups in total. The number of ether oxygens (including phenoxy) is 1. The van der Waals surface area contributed by atoms with Gasteiger partial charge in [0.1, 0.15) is 10.6 Å². The van der Waals surface area contributed by atoms with Crippen LogP contribution in [0, 0.1) is 0 Å². The number of benzene rings is 1. The van der Waals surface area contributed by atoms with E-state index < -0.39 is 5.97 Å². The lowest BCUT2D eigenvalue weighted by Gasteiger charge is -2.11. The molecule has 1 aromatic heterocycles. The zero-order valence-electron chi connectivity index (χ0n) is 11.4. The third-order valence-electron chi connectivity index (χ3n) is 2.77. The molecule has 0 aliphatic rings. The summed E-state index contributed by atoms with van der Waals surface area (Å²) in [5, 5.41) is 1.81. The number of methoxy groups -OCH3 is 1. The molecule has 2 aromatic rings. The van der Waals surface area contributed by atoms with Gasteiger partial charge in [-0.1, -0.05) is 18.5 Å². The minimum atomic E-state index is -0.449. The first-order valence-electron chi connectivity index (χ1n) is 6.00. The van der Waals surface area contributed by atoms with Crippen molar-refractivity contribution in [2.75, 3.05) is 19.1 Å². The molecule has 2 rings (SSSR count). The van der Waals surface area contributed by atoms with Gasteiger partial charge in [0.05, 0.1) is 17.6 Å². The fraction of sp³-hybridized carbons (Fsp3) is 0.286. The van der Waals surface area contributed by atoms with E-state index in [2.05, 4.69) is 4.98 Å². The Hall–Kier alpha value is -0.910. The van der Waals surface area contributed by atoms with E-state index in [0.717, 1.165) is 21.6 Å². The van der Waals surface area contributed by atoms with Crippen molar-refractivity contribution < 1.29 is 9.53 Å². The molecule has 0 saturated carbocycles. The van der Waals surface area contributed by atoms with Crippen molar-refractivity contribution >= 4 is 52.0 Å². The molecular formula is C14H14ClNO2S2. The van der Waals surface area contributed by atoms with Crippen molar-refractivity contribution in [3.8, 4) is 0 Å². The number of nitrogens with zero attached hydrogens (tertiary/aromatic N) is 1. The first kappa shape index (κ1) is 15.5. The van der Waals surface area contributed by atoms with E-state index in [1.54, 1.807) is 11.8 Å². The Morgan fingerprint density at radius 3 is 2.80 bits per heavy atom. The third-order valence-corrected chi connectivity index (χ3v) is 4.74. The van der Waals surface area contributed by atoms with Gasteiger partial charge in [0, 0.05) is 10.3 Å². The number of hydrogen-bond acceptors (Lipinski definition) is 5. The second-order valence-corrected chi connectivity index (χ2v) is 6.42. The van der Waals surface area contributed by atoms with Gasteiger partial charge >= 0.3 is 5.97 Å². The Balaban J connectivity index is 2.75. The van der Waals surface area contributed by atoms with Crippen LogP contribution in [0.1, 0.15) is 17.3 Å². The number of hydrogen-bond donors (Lipinski definition) is 0. The largest absolute Gasteiger partial charge is 0.465 e. The maximum atomic E-state index is 12.0. The van der Waals surface area contributed by atoms with Gasteiger partial charge in [0.25, 0.3) is 0 Å². The minimum Gasteiger partial charge on any atom is -0.465 e. The van der Waals surface area contributed by atoms with E-state index in [-0.39, 0.29) is 0 Å². The second-order valence-electron chi connectivity index (χ2n) is 3.91. The zero-order valence-corrected chi connectivity index (χ0v) is 13.8. The van der Waals surface area contributed by atoms with Crippen LogP contribution < -0.4 is 0 Å². The smallest absolute Gasteiger partial charge is 0.342 e. The molecule has 0 aliphatic heterocycles. The average Bonchev–Trinajstić information content (AvgIpc) is 2.47. The van der Waals surface area contributed by atoms with E-state index in [4.69, 9.17) is 16.3 Å². The van der Waals surface area contributed by atoms with Gasteiger partial charge in [-0.25, -0.2) is 9.78 Å². The van der Waals surface area contributed by atoms with Crippen LogP contribution in [0.3, 0.4) is 0 Å². The number of carbonyl (C=O) groups is 1. The third kappa shape index (κ3) is 2.90. The Morgan fingerprint density at radius 2 is 2.20 bits per heavy atom. The van der Waals surface area contributed by atoms with Crippen molar-refractivity contribution in [3.63, 3.8) is 0 Å². The predicted molar refractivity (Wildman–Crippen MR) is 86.3 cm³/mol. The highest BCUT2D eigenvalue weighted by Gasteiger charge is 2.21. The molecule has 0 aliphatic carbocycles. The molecule has 0 fully saturated rings. The number of fused-ring (bicyclic) bond motifs is 1. The van der Waals surface area contributed by atoms with Crippen molar-refractivity contribution in [2.45, 2.75) is 16.8 Å². The van der Waals surface area contributed by atoms with Crippen LogP contribution >= 0.6 is 35.1 Å². The van der Waals surface area contributed by atoms with Gasteiger partial charge < -0.3 is 4.74 Å². The summed E-state index contributed by atoms with van der Waals surface area (Å²) in [5.41, 5.74) is 1.14. The Bertz CT molecular complexity index is 661. The number of aromatic nitrogens is 1. The van der Waals surface area contributed by atoms with Gasteiger partial charge in [-0.05, 0) is 30.2 Å². The molecule has 0 amide bonds. The molecule has 3 nitrogen and oxygen atoms in total. The molecule has 0 radical (unpaired) electrons. The summed E-state index contributed by atoms with van der Waals surface area (Å²) in [6.45, 7) is 2.00. The molecule has 106 valence electrons. The van der Waals surface area contributed by atoms with Gasteiger partial charge in [-0.3, -0.25) is 0 Å². The summed E-state index contributed by atoms with van der Waals surface area (Å²) < 4.78 is 4.83. The van der Waals surface area contributed by atoms with Crippen LogP contribution in [0.4, 0.5) is 0 Å². The molecule has 0 atom stereocenters. The van der Waals surface area contributed by atoms with Gasteiger partial charge in [0.15, 0.2) is 0 Å². The van der Waals surface area contributed by atoms with Crippen LogP contribution in [0.15, 0.2) is 28.1 Å². The normalized spacial score (nSPS) is 10.8. The number of esters is 1. The minimum absolute atomic E-state index is 0.353. The Labute approximate surface area is 131 Å². The second kappa shape index (κ2) is 6.70. The molecule has 0 spiro atoms. The molecular weight excluding hydrogens is 314 g/mol. The molecule has 6 heteroatoms. The molecule has 0 bridgehead atoms. The van der Waals surface area contributed by atoms with Crippen molar-refractivity contribution in [2.24, 2.45) is 0 Å². The number of rotatable bonds is 4. The highest BCUT2D eigenvalue weighted by molar-refractivity contribution is 7.99. The number of halogens is 1. The average molecular weight is 328 g/mol. The quantitative estimate of drug-likeness (QED) is 0.610. The van der Waals surface area contributed by atoms with Crippen LogP contribution in [-0.4, -0.2) is 30.1 Å². The molecule has 1 heterocycles. The summed E-state index contributed by atoms with van der Waals surface area (Å²) in [7, 11) is 1.35. The fourth-order valence-corrected chi connectivity index (χ4v) is 3.41. The lowest BCUT2D eigenvalue weighted by molar-refractivity contribution is 0.0596. The highest BCUT2D eigenvalue weighted by Crippen LogP contribution is 2.35. The highest BCUT2D eigenvalue weighted by atomic mass is 35.5. The number of pyridine rings is 1. The molecule has 1 aromatic carbocycles. The zero-order chi connectivity index (χ0) is 14.7. The topological polar surface area (TPSA) is 39.2 Å². The van der Waals surface area contributed by atoms with E-state index >= 15 is 0 Å². The Morgan fingerprint density at radius 1 is 1.45 bits per heavy atom. The number of thioether (sulfide) groups is 2. The van der Waals surface area contributed by atoms with Crippen molar-refractivity contribution in [1.82, 2.24) is 4.98 Å². The summed E-state index contributed by atoms with van der Waals surface area (Å²) in [6.07, 6.45) is 1.99. The standard InChI is InChI=1S/C14H14ClNO2S2/c1-4-20-13-11(14(17)18-2)12(15)9-7-8(19-3)5-6-10(9)16-13/h5-7H,4H2,1-3H3. The van der Waals surface area contributed by atoms with Crippen LogP contribution in [-0.2, 0) is 4.74 Å². The molecule has 0 saturated heterocycles. The summed E-state index contributed by atoms with van der Waals surface area (Å²) in [5.74, 6) is 0.358. The lowest BCUT2D eigenvalue weighted by atomic mass is 10.1. The monoisotopic (exact) mass is 327 g/mol. The fourth-order valence-electron chi connectivity index (χ4n) is 1.83. The van der Waals surface area contributed by atoms with E-state index in [1.807, 2.05) is 31.4 Å². The number of carbonyl (C=O) groups excluding carboxylic acids is 1. The first-order chi connectivity index (χ1) is 9.62. The van der Waals surface area contributed by atoms with Gasteiger partial charge in [0.2, 0.25) is 0 Å². The summed E-state index contributed by atoms with van der Waals surface area (Å²) in [6, 6.07) is 5.87. The van der Waals surface area contributed by atoms with Crippen LogP contribution in [0.5, 0.6) is 0 Å². The predicted octanol–water partition coefficient (Wildman–Crippen LogP) is 4.51. The van der Waals surface area contributed by atoms with Crippen molar-refractivity contribution in [3.05, 3.63) is 28.8 Å². The first-order valence-corrected chi connectivity index (χ1v) is 8.59. The van der Waals surface area contributed by atoms with Gasteiger partial charge in [-0.2, -0.15) is 0 Å². The molecule has 0 unspecified atom stereocenters. The van der Waals surface area contributed by atoms with E-state index in [1.165, 1.54) is 18.9 Å². The SMILES string of the molecule is CCSc1nc2ccc(SC)cc2c(Cl)c1C(=O)OC. The van der Waals surface area contributed by atoms with Crippen molar-refractivity contribution in [1.29, 1.82) is 0 Å².